The standard InChI is InChI=1S/C11H11N5S/c1-8(10-3-2-6-17-10)15-16-11(12)9-7-13-4-5-14-9/h2-7H,1H3,(H2,12,16). The molecule has 6 heteroatoms. The number of rotatable bonds is 3. The Morgan fingerprint density at radius 3 is 2.88 bits per heavy atom. The van der Waals surface area contributed by atoms with E-state index >= 15 is 0 Å². The summed E-state index contributed by atoms with van der Waals surface area (Å²) in [7, 11) is 0. The smallest absolute Gasteiger partial charge is 0.173 e. The van der Waals surface area contributed by atoms with E-state index in [0.717, 1.165) is 10.6 Å². The third-order valence-electron chi connectivity index (χ3n) is 2.01. The van der Waals surface area contributed by atoms with Crippen molar-refractivity contribution < 1.29 is 0 Å². The molecule has 2 aromatic heterocycles. The second-order valence-electron chi connectivity index (χ2n) is 3.24. The van der Waals surface area contributed by atoms with Gasteiger partial charge in [-0.1, -0.05) is 6.07 Å². The molecule has 0 aliphatic rings. The molecular weight excluding hydrogens is 234 g/mol. The van der Waals surface area contributed by atoms with Gasteiger partial charge in [0.05, 0.1) is 16.8 Å². The summed E-state index contributed by atoms with van der Waals surface area (Å²) < 4.78 is 0. The van der Waals surface area contributed by atoms with Crippen molar-refractivity contribution in [1.82, 2.24) is 9.97 Å². The molecule has 0 spiro atoms. The Bertz CT molecular complexity index is 530. The highest BCUT2D eigenvalue weighted by molar-refractivity contribution is 7.12. The Morgan fingerprint density at radius 2 is 2.24 bits per heavy atom. The summed E-state index contributed by atoms with van der Waals surface area (Å²) in [6.45, 7) is 1.89. The minimum Gasteiger partial charge on any atom is -0.380 e. The number of nitrogens with zero attached hydrogens (tertiary/aromatic N) is 4. The minimum absolute atomic E-state index is 0.258. The first-order valence-corrected chi connectivity index (χ1v) is 5.83. The maximum Gasteiger partial charge on any atom is 0.173 e. The number of aromatic nitrogens is 2. The van der Waals surface area contributed by atoms with Crippen molar-refractivity contribution in [3.8, 4) is 0 Å². The molecule has 0 unspecified atom stereocenters. The Labute approximate surface area is 103 Å². The van der Waals surface area contributed by atoms with Gasteiger partial charge in [-0.2, -0.15) is 5.10 Å². The van der Waals surface area contributed by atoms with Gasteiger partial charge >= 0.3 is 0 Å². The van der Waals surface area contributed by atoms with Crippen LogP contribution in [-0.4, -0.2) is 21.5 Å². The van der Waals surface area contributed by atoms with Crippen LogP contribution in [0.1, 0.15) is 17.5 Å². The fraction of sp³-hybridized carbons (Fsp3) is 0.0909. The number of hydrogen-bond acceptors (Lipinski definition) is 5. The third-order valence-corrected chi connectivity index (χ3v) is 2.99. The lowest BCUT2D eigenvalue weighted by Crippen LogP contribution is -2.14. The zero-order valence-electron chi connectivity index (χ0n) is 9.24. The zero-order chi connectivity index (χ0) is 12.1. The van der Waals surface area contributed by atoms with E-state index in [0.29, 0.717) is 5.69 Å². The van der Waals surface area contributed by atoms with E-state index in [-0.39, 0.29) is 5.84 Å². The molecule has 2 heterocycles. The van der Waals surface area contributed by atoms with Crippen LogP contribution in [0.25, 0.3) is 0 Å². The molecule has 0 aliphatic carbocycles. The Balaban J connectivity index is 2.18. The van der Waals surface area contributed by atoms with Crippen molar-refractivity contribution in [1.29, 1.82) is 0 Å². The van der Waals surface area contributed by atoms with Crippen LogP contribution >= 0.6 is 11.3 Å². The zero-order valence-corrected chi connectivity index (χ0v) is 10.1. The van der Waals surface area contributed by atoms with Gasteiger partial charge in [0.2, 0.25) is 0 Å². The van der Waals surface area contributed by atoms with Crippen LogP contribution in [0.4, 0.5) is 0 Å². The summed E-state index contributed by atoms with van der Waals surface area (Å²) in [5.74, 6) is 0.258. The van der Waals surface area contributed by atoms with Crippen LogP contribution in [0, 0.1) is 0 Å². The van der Waals surface area contributed by atoms with Crippen molar-refractivity contribution >= 4 is 22.9 Å². The molecule has 86 valence electrons. The van der Waals surface area contributed by atoms with Gasteiger partial charge in [0.1, 0.15) is 5.69 Å². The van der Waals surface area contributed by atoms with E-state index in [4.69, 9.17) is 5.73 Å². The molecule has 0 radical (unpaired) electrons. The summed E-state index contributed by atoms with van der Waals surface area (Å²) in [5, 5.41) is 9.99. The van der Waals surface area contributed by atoms with Crippen molar-refractivity contribution in [3.05, 3.63) is 46.7 Å². The lowest BCUT2D eigenvalue weighted by molar-refractivity contribution is 1.14. The van der Waals surface area contributed by atoms with Gasteiger partial charge in [0.15, 0.2) is 5.84 Å². The number of hydrogen-bond donors (Lipinski definition) is 1. The molecule has 0 bridgehead atoms. The fourth-order valence-electron chi connectivity index (χ4n) is 1.15. The van der Waals surface area contributed by atoms with Crippen LogP contribution in [-0.2, 0) is 0 Å². The Kier molecular flexibility index (Phi) is 3.56. The first-order valence-electron chi connectivity index (χ1n) is 4.95. The highest BCUT2D eigenvalue weighted by atomic mass is 32.1. The van der Waals surface area contributed by atoms with E-state index in [1.165, 1.54) is 0 Å². The van der Waals surface area contributed by atoms with Gasteiger partial charge in [-0.25, -0.2) is 4.98 Å². The molecule has 2 aromatic rings. The third kappa shape index (κ3) is 2.94. The maximum absolute atomic E-state index is 5.74. The van der Waals surface area contributed by atoms with E-state index in [9.17, 15) is 0 Å². The number of thiophene rings is 1. The van der Waals surface area contributed by atoms with Crippen molar-refractivity contribution in [2.24, 2.45) is 15.9 Å². The predicted molar refractivity (Wildman–Crippen MR) is 69.3 cm³/mol. The molecular formula is C11H11N5S. The first kappa shape index (κ1) is 11.4. The Hall–Kier alpha value is -2.08. The van der Waals surface area contributed by atoms with Crippen LogP contribution in [0.5, 0.6) is 0 Å². The number of nitrogens with two attached hydrogens (primary N) is 1. The SMILES string of the molecule is CC(=NN=C(N)c1cnccn1)c1cccs1. The predicted octanol–water partition coefficient (Wildman–Crippen LogP) is 1.67. The normalized spacial score (nSPS) is 12.8. The Morgan fingerprint density at radius 1 is 1.35 bits per heavy atom. The second kappa shape index (κ2) is 5.31. The molecule has 0 aliphatic heterocycles. The van der Waals surface area contributed by atoms with Gasteiger partial charge < -0.3 is 5.73 Å². The van der Waals surface area contributed by atoms with E-state index in [1.54, 1.807) is 29.9 Å². The number of amidine groups is 1. The second-order valence-corrected chi connectivity index (χ2v) is 4.19. The molecule has 2 rings (SSSR count). The summed E-state index contributed by atoms with van der Waals surface area (Å²) in [6, 6.07) is 3.95. The fourth-order valence-corrected chi connectivity index (χ4v) is 1.82. The molecule has 0 atom stereocenters. The van der Waals surface area contributed by atoms with Crippen LogP contribution in [0.15, 0.2) is 46.3 Å². The quantitative estimate of drug-likeness (QED) is 0.507. The first-order chi connectivity index (χ1) is 8.27. The summed E-state index contributed by atoms with van der Waals surface area (Å²) >= 11 is 1.61. The molecule has 0 saturated heterocycles. The molecule has 5 nitrogen and oxygen atoms in total. The highest BCUT2D eigenvalue weighted by Gasteiger charge is 2.00. The van der Waals surface area contributed by atoms with E-state index < -0.39 is 0 Å². The van der Waals surface area contributed by atoms with Gasteiger partial charge in [-0.15, -0.1) is 16.4 Å². The molecule has 0 aromatic carbocycles. The average Bonchev–Trinajstić information content (AvgIpc) is 2.90. The minimum atomic E-state index is 0.258. The summed E-state index contributed by atoms with van der Waals surface area (Å²) in [5.41, 5.74) is 7.09. The summed E-state index contributed by atoms with van der Waals surface area (Å²) in [4.78, 5) is 9.02. The van der Waals surface area contributed by atoms with Crippen molar-refractivity contribution in [3.63, 3.8) is 0 Å². The van der Waals surface area contributed by atoms with Crippen LogP contribution in [0.3, 0.4) is 0 Å². The van der Waals surface area contributed by atoms with Crippen molar-refractivity contribution in [2.45, 2.75) is 6.92 Å². The van der Waals surface area contributed by atoms with Gasteiger partial charge in [-0.3, -0.25) is 4.98 Å². The van der Waals surface area contributed by atoms with Crippen LogP contribution < -0.4 is 5.73 Å². The van der Waals surface area contributed by atoms with Gasteiger partial charge in [0, 0.05) is 12.4 Å². The monoisotopic (exact) mass is 245 g/mol. The van der Waals surface area contributed by atoms with Crippen LogP contribution in [0.2, 0.25) is 0 Å². The van der Waals surface area contributed by atoms with E-state index in [2.05, 4.69) is 20.2 Å². The topological polar surface area (TPSA) is 76.5 Å². The van der Waals surface area contributed by atoms with Crippen molar-refractivity contribution in [2.75, 3.05) is 0 Å². The van der Waals surface area contributed by atoms with E-state index in [1.807, 2.05) is 24.4 Å². The lowest BCUT2D eigenvalue weighted by atomic mass is 10.3. The highest BCUT2D eigenvalue weighted by Crippen LogP contribution is 2.09. The summed E-state index contributed by atoms with van der Waals surface area (Å²) in [6.07, 6.45) is 4.69. The van der Waals surface area contributed by atoms with Gasteiger partial charge in [0.25, 0.3) is 0 Å². The molecule has 0 fully saturated rings. The molecule has 0 saturated carbocycles. The molecule has 2 N–H and O–H groups in total. The van der Waals surface area contributed by atoms with Gasteiger partial charge in [-0.05, 0) is 18.4 Å². The maximum atomic E-state index is 5.74. The lowest BCUT2D eigenvalue weighted by Gasteiger charge is -1.96. The average molecular weight is 245 g/mol. The largest absolute Gasteiger partial charge is 0.380 e. The molecule has 0 amide bonds. The molecule has 17 heavy (non-hydrogen) atoms.